The van der Waals surface area contributed by atoms with Crippen molar-refractivity contribution in [2.75, 3.05) is 22.9 Å². The number of nitrogens with zero attached hydrogens (tertiary/aromatic N) is 1. The van der Waals surface area contributed by atoms with E-state index in [9.17, 15) is 13.2 Å². The van der Waals surface area contributed by atoms with E-state index in [4.69, 9.17) is 0 Å². The molecule has 0 unspecified atom stereocenters. The van der Waals surface area contributed by atoms with Gasteiger partial charge in [0.25, 0.3) is 0 Å². The molecule has 0 fully saturated rings. The van der Waals surface area contributed by atoms with Crippen molar-refractivity contribution in [1.29, 1.82) is 0 Å². The van der Waals surface area contributed by atoms with Gasteiger partial charge < -0.3 is 5.32 Å². The lowest BCUT2D eigenvalue weighted by molar-refractivity contribution is -0.121. The van der Waals surface area contributed by atoms with Gasteiger partial charge in [-0.3, -0.25) is 9.10 Å². The fraction of sp³-hybridized carbons (Fsp3) is 0.350. The minimum Gasteiger partial charge on any atom is -0.353 e. The highest BCUT2D eigenvalue weighted by molar-refractivity contribution is 7.99. The molecule has 1 atom stereocenters. The van der Waals surface area contributed by atoms with Gasteiger partial charge in [-0.2, -0.15) is 0 Å². The van der Waals surface area contributed by atoms with Gasteiger partial charge in [0.05, 0.1) is 11.9 Å². The molecule has 0 bridgehead atoms. The van der Waals surface area contributed by atoms with Crippen LogP contribution in [0.1, 0.15) is 18.1 Å². The standard InChI is InChI=1S/C20H26N2O3S2/c1-15-12-16(2)14-18(13-15)22(27(4,24)25)17(3)20(23)21-10-11-26-19-8-6-5-7-9-19/h5-9,12-14,17H,10-11H2,1-4H3,(H,21,23)/t17-/m0/s1. The summed E-state index contributed by atoms with van der Waals surface area (Å²) >= 11 is 1.64. The number of carbonyl (C=O) groups is 1. The number of anilines is 1. The van der Waals surface area contributed by atoms with E-state index in [2.05, 4.69) is 5.32 Å². The molecule has 0 heterocycles. The number of amides is 1. The lowest BCUT2D eigenvalue weighted by atomic mass is 10.1. The molecule has 0 aromatic heterocycles. The topological polar surface area (TPSA) is 66.5 Å². The number of hydrogen-bond donors (Lipinski definition) is 1. The second-order valence-electron chi connectivity index (χ2n) is 6.53. The van der Waals surface area contributed by atoms with Crippen LogP contribution in [0, 0.1) is 13.8 Å². The summed E-state index contributed by atoms with van der Waals surface area (Å²) in [6, 6.07) is 14.6. The number of aryl methyl sites for hydroxylation is 2. The molecule has 7 heteroatoms. The van der Waals surface area contributed by atoms with Crippen molar-refractivity contribution < 1.29 is 13.2 Å². The molecular formula is C20H26N2O3S2. The van der Waals surface area contributed by atoms with Crippen LogP contribution in [0.3, 0.4) is 0 Å². The van der Waals surface area contributed by atoms with E-state index in [-0.39, 0.29) is 5.91 Å². The Hall–Kier alpha value is -1.99. The Morgan fingerprint density at radius 1 is 1.11 bits per heavy atom. The summed E-state index contributed by atoms with van der Waals surface area (Å²) in [5, 5.41) is 2.84. The van der Waals surface area contributed by atoms with E-state index < -0.39 is 16.1 Å². The second kappa shape index (κ2) is 9.28. The quantitative estimate of drug-likeness (QED) is 0.539. The van der Waals surface area contributed by atoms with Crippen molar-refractivity contribution in [1.82, 2.24) is 5.32 Å². The van der Waals surface area contributed by atoms with Crippen LogP contribution in [0.15, 0.2) is 53.4 Å². The first-order chi connectivity index (χ1) is 12.7. The molecule has 0 radical (unpaired) electrons. The first-order valence-electron chi connectivity index (χ1n) is 8.72. The van der Waals surface area contributed by atoms with Gasteiger partial charge in [0.15, 0.2) is 0 Å². The number of sulfonamides is 1. The van der Waals surface area contributed by atoms with E-state index >= 15 is 0 Å². The van der Waals surface area contributed by atoms with Crippen LogP contribution < -0.4 is 9.62 Å². The normalized spacial score (nSPS) is 12.4. The predicted molar refractivity (Wildman–Crippen MR) is 113 cm³/mol. The first kappa shape index (κ1) is 21.3. The van der Waals surface area contributed by atoms with Gasteiger partial charge in [-0.05, 0) is 56.2 Å². The summed E-state index contributed by atoms with van der Waals surface area (Å²) in [4.78, 5) is 13.7. The van der Waals surface area contributed by atoms with Crippen molar-refractivity contribution in [3.05, 3.63) is 59.7 Å². The molecule has 0 saturated heterocycles. The summed E-state index contributed by atoms with van der Waals surface area (Å²) in [5.74, 6) is 0.401. The number of carbonyl (C=O) groups excluding carboxylic acids is 1. The van der Waals surface area contributed by atoms with Crippen molar-refractivity contribution in [3.8, 4) is 0 Å². The Morgan fingerprint density at radius 2 is 1.70 bits per heavy atom. The summed E-state index contributed by atoms with van der Waals surface area (Å²) in [6.45, 7) is 5.89. The van der Waals surface area contributed by atoms with Gasteiger partial charge in [-0.25, -0.2) is 8.42 Å². The van der Waals surface area contributed by atoms with Crippen LogP contribution in [-0.2, 0) is 14.8 Å². The zero-order valence-corrected chi connectivity index (χ0v) is 17.7. The van der Waals surface area contributed by atoms with Gasteiger partial charge in [-0.15, -0.1) is 11.8 Å². The molecule has 1 amide bonds. The highest BCUT2D eigenvalue weighted by atomic mass is 32.2. The molecule has 0 aliphatic rings. The van der Waals surface area contributed by atoms with Crippen LogP contribution in [0.2, 0.25) is 0 Å². The van der Waals surface area contributed by atoms with Crippen LogP contribution in [-0.4, -0.2) is 38.9 Å². The maximum atomic E-state index is 12.6. The average Bonchev–Trinajstić information content (AvgIpc) is 2.57. The molecule has 5 nitrogen and oxygen atoms in total. The largest absolute Gasteiger partial charge is 0.353 e. The number of thioether (sulfide) groups is 1. The minimum atomic E-state index is -3.60. The van der Waals surface area contributed by atoms with Crippen LogP contribution in [0.25, 0.3) is 0 Å². The fourth-order valence-corrected chi connectivity index (χ4v) is 4.84. The van der Waals surface area contributed by atoms with Gasteiger partial charge in [0.1, 0.15) is 6.04 Å². The molecule has 146 valence electrons. The predicted octanol–water partition coefficient (Wildman–Crippen LogP) is 3.37. The third-order valence-electron chi connectivity index (χ3n) is 3.96. The van der Waals surface area contributed by atoms with E-state index in [1.807, 2.05) is 50.2 Å². The maximum Gasteiger partial charge on any atom is 0.243 e. The summed E-state index contributed by atoms with van der Waals surface area (Å²) in [7, 11) is -3.60. The zero-order chi connectivity index (χ0) is 20.0. The third-order valence-corrected chi connectivity index (χ3v) is 6.22. The number of rotatable bonds is 8. The van der Waals surface area contributed by atoms with E-state index in [0.29, 0.717) is 18.0 Å². The number of benzene rings is 2. The van der Waals surface area contributed by atoms with Gasteiger partial charge >= 0.3 is 0 Å². The molecule has 1 N–H and O–H groups in total. The van der Waals surface area contributed by atoms with E-state index in [1.54, 1.807) is 30.8 Å². The van der Waals surface area contributed by atoms with E-state index in [0.717, 1.165) is 22.3 Å². The van der Waals surface area contributed by atoms with Gasteiger partial charge in [0.2, 0.25) is 15.9 Å². The molecule has 0 aliphatic heterocycles. The van der Waals surface area contributed by atoms with Crippen molar-refractivity contribution in [3.63, 3.8) is 0 Å². The van der Waals surface area contributed by atoms with Crippen LogP contribution >= 0.6 is 11.8 Å². The van der Waals surface area contributed by atoms with Crippen molar-refractivity contribution in [2.45, 2.75) is 31.7 Å². The zero-order valence-electron chi connectivity index (χ0n) is 16.1. The highest BCUT2D eigenvalue weighted by Gasteiger charge is 2.29. The Labute approximate surface area is 166 Å². The Kier molecular flexibility index (Phi) is 7.33. The smallest absolute Gasteiger partial charge is 0.243 e. The highest BCUT2D eigenvalue weighted by Crippen LogP contribution is 2.24. The molecule has 0 spiro atoms. The monoisotopic (exact) mass is 406 g/mol. The molecule has 27 heavy (non-hydrogen) atoms. The summed E-state index contributed by atoms with van der Waals surface area (Å²) in [5.41, 5.74) is 2.41. The molecule has 2 rings (SSSR count). The second-order valence-corrected chi connectivity index (χ2v) is 9.56. The summed E-state index contributed by atoms with van der Waals surface area (Å²) in [6.07, 6.45) is 1.12. The molecule has 2 aromatic carbocycles. The van der Waals surface area contributed by atoms with E-state index in [1.165, 1.54) is 4.31 Å². The maximum absolute atomic E-state index is 12.6. The van der Waals surface area contributed by atoms with Gasteiger partial charge in [0, 0.05) is 17.2 Å². The Bertz CT molecular complexity index is 863. The lowest BCUT2D eigenvalue weighted by Crippen LogP contribution is -2.48. The molecule has 0 saturated carbocycles. The fourth-order valence-electron chi connectivity index (χ4n) is 2.89. The van der Waals surface area contributed by atoms with Crippen LogP contribution in [0.4, 0.5) is 5.69 Å². The molecule has 0 aliphatic carbocycles. The van der Waals surface area contributed by atoms with Crippen molar-refractivity contribution >= 4 is 33.4 Å². The Morgan fingerprint density at radius 3 is 2.26 bits per heavy atom. The molecule has 2 aromatic rings. The SMILES string of the molecule is Cc1cc(C)cc(N([C@@H](C)C(=O)NCCSc2ccccc2)S(C)(=O)=O)c1. The van der Waals surface area contributed by atoms with Crippen LogP contribution in [0.5, 0.6) is 0 Å². The first-order valence-corrected chi connectivity index (χ1v) is 11.5. The lowest BCUT2D eigenvalue weighted by Gasteiger charge is -2.28. The molecular weight excluding hydrogens is 380 g/mol. The number of nitrogens with one attached hydrogen (secondary N) is 1. The van der Waals surface area contributed by atoms with Crippen molar-refractivity contribution in [2.24, 2.45) is 0 Å². The average molecular weight is 407 g/mol. The Balaban J connectivity index is 2.04. The summed E-state index contributed by atoms with van der Waals surface area (Å²) < 4.78 is 25.9. The minimum absolute atomic E-state index is 0.312. The third kappa shape index (κ3) is 6.29. The van der Waals surface area contributed by atoms with Gasteiger partial charge in [-0.1, -0.05) is 24.3 Å². The number of hydrogen-bond acceptors (Lipinski definition) is 4.